The molecule has 2 nitrogen and oxygen atoms in total. The van der Waals surface area contributed by atoms with Gasteiger partial charge in [-0.2, -0.15) is 0 Å². The average molecular weight is 448 g/mol. The summed E-state index contributed by atoms with van der Waals surface area (Å²) in [7, 11) is 0. The molecular formula is C16H29BrN2Sn. The van der Waals surface area contributed by atoms with Crippen molar-refractivity contribution in [3.05, 3.63) is 16.7 Å². The molecular weight excluding hydrogens is 419 g/mol. The summed E-state index contributed by atoms with van der Waals surface area (Å²) in [4.78, 5) is 0. The number of nitrogens with zero attached hydrogens (tertiary/aromatic N) is 2. The molecule has 0 aliphatic carbocycles. The monoisotopic (exact) mass is 448 g/mol. The number of hydrogen-bond donors (Lipinski definition) is 0. The van der Waals surface area contributed by atoms with E-state index in [2.05, 4.69) is 53.0 Å². The molecule has 114 valence electrons. The molecule has 0 fully saturated rings. The van der Waals surface area contributed by atoms with E-state index in [0.717, 1.165) is 0 Å². The topological polar surface area (TPSA) is 25.8 Å². The van der Waals surface area contributed by atoms with Crippen LogP contribution in [-0.4, -0.2) is 28.6 Å². The van der Waals surface area contributed by atoms with Crippen LogP contribution in [0.25, 0.3) is 0 Å². The van der Waals surface area contributed by atoms with Crippen LogP contribution in [0.1, 0.15) is 59.3 Å². The SMILES string of the molecule is CCC[CH2][Sn]([CH2]CCC)([CH2]CCC)[c]1nnccc1Br. The third kappa shape index (κ3) is 5.28. The van der Waals surface area contributed by atoms with Crippen LogP contribution in [0.4, 0.5) is 0 Å². The Bertz CT molecular complexity index is 363. The van der Waals surface area contributed by atoms with Gasteiger partial charge in [0.1, 0.15) is 0 Å². The van der Waals surface area contributed by atoms with Crippen molar-refractivity contribution < 1.29 is 0 Å². The Hall–Kier alpha value is 0.359. The van der Waals surface area contributed by atoms with Crippen LogP contribution in [0.3, 0.4) is 0 Å². The van der Waals surface area contributed by atoms with Gasteiger partial charge in [-0.1, -0.05) is 0 Å². The van der Waals surface area contributed by atoms with Crippen LogP contribution in [0.5, 0.6) is 0 Å². The maximum absolute atomic E-state index is 4.61. The summed E-state index contributed by atoms with van der Waals surface area (Å²) >= 11 is 1.38. The summed E-state index contributed by atoms with van der Waals surface area (Å²) in [5.41, 5.74) is 0. The van der Waals surface area contributed by atoms with E-state index in [9.17, 15) is 0 Å². The predicted molar refractivity (Wildman–Crippen MR) is 94.3 cm³/mol. The second kappa shape index (κ2) is 10.1. The molecule has 0 aliphatic rings. The van der Waals surface area contributed by atoms with E-state index in [4.69, 9.17) is 0 Å². The van der Waals surface area contributed by atoms with Gasteiger partial charge in [0.05, 0.1) is 0 Å². The van der Waals surface area contributed by atoms with E-state index in [0.29, 0.717) is 0 Å². The van der Waals surface area contributed by atoms with Crippen LogP contribution in [0, 0.1) is 0 Å². The molecule has 0 saturated carbocycles. The molecule has 4 heteroatoms. The fourth-order valence-electron chi connectivity index (χ4n) is 2.95. The van der Waals surface area contributed by atoms with Gasteiger partial charge < -0.3 is 0 Å². The van der Waals surface area contributed by atoms with Crippen molar-refractivity contribution in [1.29, 1.82) is 0 Å². The van der Waals surface area contributed by atoms with Gasteiger partial charge in [-0.15, -0.1) is 0 Å². The maximum atomic E-state index is 4.61. The van der Waals surface area contributed by atoms with Gasteiger partial charge in [0, 0.05) is 0 Å². The van der Waals surface area contributed by atoms with Gasteiger partial charge in [-0.3, -0.25) is 0 Å². The quantitative estimate of drug-likeness (QED) is 0.455. The normalized spacial score (nSPS) is 11.8. The molecule has 0 amide bonds. The zero-order valence-corrected chi connectivity index (χ0v) is 17.7. The van der Waals surface area contributed by atoms with E-state index in [1.54, 1.807) is 0 Å². The third-order valence-electron chi connectivity index (χ3n) is 4.20. The van der Waals surface area contributed by atoms with Crippen molar-refractivity contribution in [3.63, 3.8) is 0 Å². The second-order valence-electron chi connectivity index (χ2n) is 5.82. The standard InChI is InChI=1S/C4H2BrN2.3C4H9.Sn/c5-4-1-2-6-7-3-4;3*1-3-4-2;/h1-2H;3*1,3-4H2,2H3;. The molecule has 0 atom stereocenters. The van der Waals surface area contributed by atoms with E-state index in [-0.39, 0.29) is 0 Å². The van der Waals surface area contributed by atoms with Crippen LogP contribution >= 0.6 is 15.9 Å². The summed E-state index contributed by atoms with van der Waals surface area (Å²) in [6.07, 6.45) is 9.81. The number of unbranched alkanes of at least 4 members (excludes halogenated alkanes) is 3. The summed E-state index contributed by atoms with van der Waals surface area (Å²) < 4.78 is 6.97. The van der Waals surface area contributed by atoms with Crippen molar-refractivity contribution in [2.45, 2.75) is 72.6 Å². The Morgan fingerprint density at radius 2 is 1.45 bits per heavy atom. The third-order valence-corrected chi connectivity index (χ3v) is 21.0. The molecule has 20 heavy (non-hydrogen) atoms. The minimum absolute atomic E-state index is 1.23. The van der Waals surface area contributed by atoms with E-state index < -0.39 is 18.4 Å². The fourth-order valence-corrected chi connectivity index (χ4v) is 21.4. The molecule has 1 aromatic heterocycles. The first-order valence-electron chi connectivity index (χ1n) is 8.17. The predicted octanol–water partition coefficient (Wildman–Crippen LogP) is 5.30. The number of rotatable bonds is 10. The summed E-state index contributed by atoms with van der Waals surface area (Å²) in [6.45, 7) is 6.92. The van der Waals surface area contributed by atoms with Crippen LogP contribution in [0.15, 0.2) is 16.7 Å². The molecule has 0 bridgehead atoms. The van der Waals surface area contributed by atoms with E-state index in [1.807, 2.05) is 6.20 Å². The first kappa shape index (κ1) is 18.4. The molecule has 0 N–H and O–H groups in total. The first-order valence-corrected chi connectivity index (χ1v) is 16.4. The molecule has 0 radical (unpaired) electrons. The van der Waals surface area contributed by atoms with Crippen LogP contribution in [-0.2, 0) is 0 Å². The number of halogens is 1. The first-order chi connectivity index (χ1) is 9.70. The molecule has 0 saturated heterocycles. The van der Waals surface area contributed by atoms with Gasteiger partial charge in [0.25, 0.3) is 0 Å². The van der Waals surface area contributed by atoms with Crippen molar-refractivity contribution in [1.82, 2.24) is 10.2 Å². The van der Waals surface area contributed by atoms with Crippen molar-refractivity contribution in [2.24, 2.45) is 0 Å². The fraction of sp³-hybridized carbons (Fsp3) is 0.750. The summed E-state index contributed by atoms with van der Waals surface area (Å²) in [5.74, 6) is 0. The van der Waals surface area contributed by atoms with Gasteiger partial charge in [0.15, 0.2) is 0 Å². The number of aromatic nitrogens is 2. The van der Waals surface area contributed by atoms with Gasteiger partial charge in [-0.25, -0.2) is 0 Å². The second-order valence-corrected chi connectivity index (χ2v) is 19.6. The Morgan fingerprint density at radius 3 is 1.85 bits per heavy atom. The summed E-state index contributed by atoms with van der Waals surface area (Å²) in [6, 6.07) is 2.10. The van der Waals surface area contributed by atoms with Crippen LogP contribution in [0.2, 0.25) is 13.3 Å². The van der Waals surface area contributed by atoms with E-state index >= 15 is 0 Å². The molecule has 1 rings (SSSR count). The van der Waals surface area contributed by atoms with Crippen molar-refractivity contribution in [3.8, 4) is 0 Å². The van der Waals surface area contributed by atoms with Gasteiger partial charge in [-0.05, 0) is 0 Å². The molecule has 0 aliphatic heterocycles. The molecule has 1 heterocycles. The van der Waals surface area contributed by atoms with E-state index in [1.165, 1.54) is 60.0 Å². The van der Waals surface area contributed by atoms with Crippen molar-refractivity contribution >= 4 is 38.0 Å². The Morgan fingerprint density at radius 1 is 0.950 bits per heavy atom. The molecule has 0 spiro atoms. The Balaban J connectivity index is 3.08. The average Bonchev–Trinajstić information content (AvgIpc) is 2.48. The summed E-state index contributed by atoms with van der Waals surface area (Å²) in [5, 5.41) is 8.81. The van der Waals surface area contributed by atoms with Gasteiger partial charge >= 0.3 is 138 Å². The zero-order valence-electron chi connectivity index (χ0n) is 13.3. The Kier molecular flexibility index (Phi) is 9.34. The number of hydrogen-bond acceptors (Lipinski definition) is 2. The molecule has 0 unspecified atom stereocenters. The molecule has 1 aromatic rings. The Labute approximate surface area is 137 Å². The minimum atomic E-state index is -2.38. The molecule has 0 aromatic carbocycles. The van der Waals surface area contributed by atoms with Crippen molar-refractivity contribution in [2.75, 3.05) is 0 Å². The zero-order chi connectivity index (χ0) is 14.8. The van der Waals surface area contributed by atoms with Gasteiger partial charge in [0.2, 0.25) is 0 Å². The van der Waals surface area contributed by atoms with Crippen LogP contribution < -0.4 is 3.71 Å².